The van der Waals surface area contributed by atoms with Crippen molar-refractivity contribution in [2.24, 2.45) is 0 Å². The third-order valence-electron chi connectivity index (χ3n) is 5.15. The number of ether oxygens (including phenoxy) is 1. The molecule has 2 aromatic heterocycles. The number of hydrogen-bond acceptors (Lipinski definition) is 5. The Morgan fingerprint density at radius 3 is 2.97 bits per heavy atom. The van der Waals surface area contributed by atoms with Gasteiger partial charge in [0.05, 0.1) is 25.0 Å². The minimum Gasteiger partial charge on any atom is -0.465 e. The summed E-state index contributed by atoms with van der Waals surface area (Å²) >= 11 is 0. The van der Waals surface area contributed by atoms with E-state index in [2.05, 4.69) is 10.2 Å². The van der Waals surface area contributed by atoms with E-state index in [1.807, 2.05) is 16.9 Å². The molecule has 1 atom stereocenters. The van der Waals surface area contributed by atoms with Crippen molar-refractivity contribution in [3.8, 4) is 5.69 Å². The Kier molecular flexibility index (Phi) is 5.62. The predicted molar refractivity (Wildman–Crippen MR) is 110 cm³/mol. The van der Waals surface area contributed by atoms with Crippen LogP contribution in [0.25, 0.3) is 5.69 Å². The molecule has 3 heterocycles. The van der Waals surface area contributed by atoms with Crippen molar-refractivity contribution >= 4 is 11.8 Å². The first-order valence-corrected chi connectivity index (χ1v) is 9.85. The van der Waals surface area contributed by atoms with Crippen LogP contribution in [0.2, 0.25) is 0 Å². The Bertz CT molecular complexity index is 1100. The van der Waals surface area contributed by atoms with E-state index < -0.39 is 6.09 Å². The highest BCUT2D eigenvalue weighted by Gasteiger charge is 2.19. The van der Waals surface area contributed by atoms with Crippen molar-refractivity contribution in [3.05, 3.63) is 70.4 Å². The van der Waals surface area contributed by atoms with Crippen LogP contribution in [-0.2, 0) is 11.2 Å². The summed E-state index contributed by atoms with van der Waals surface area (Å²) in [6, 6.07) is 8.85. The van der Waals surface area contributed by atoms with Crippen molar-refractivity contribution in [1.82, 2.24) is 19.6 Å². The van der Waals surface area contributed by atoms with Crippen molar-refractivity contribution < 1.29 is 14.6 Å². The third-order valence-corrected chi connectivity index (χ3v) is 5.15. The number of anilines is 1. The Morgan fingerprint density at radius 2 is 2.23 bits per heavy atom. The van der Waals surface area contributed by atoms with E-state index in [0.29, 0.717) is 31.0 Å². The number of carboxylic acid groups (broad SMARTS) is 1. The Hall–Kier alpha value is -3.46. The molecule has 1 N–H and O–H groups in total. The maximum absolute atomic E-state index is 12.4. The lowest BCUT2D eigenvalue weighted by Gasteiger charge is -2.17. The first-order valence-electron chi connectivity index (χ1n) is 9.85. The fraction of sp³-hybridized carbons (Fsp3) is 0.333. The molecule has 0 saturated carbocycles. The number of amides is 1. The number of carbonyl (C=O) groups is 1. The van der Waals surface area contributed by atoms with Crippen LogP contribution in [0.1, 0.15) is 30.6 Å². The molecule has 1 amide bonds. The standard InChI is InChI=1S/C21H23N5O4/c1-2-24(21(28)29)16-5-3-4-15(10-16)11-19-20(27)6-8-25(23-19)18-12-22-26(13-18)17-7-9-30-14-17/h3-6,8,10,12-13,17H,2,7,9,11,14H2,1H3,(H,28,29). The molecule has 1 aliphatic heterocycles. The summed E-state index contributed by atoms with van der Waals surface area (Å²) in [4.78, 5) is 25.0. The van der Waals surface area contributed by atoms with Gasteiger partial charge in [-0.2, -0.15) is 10.2 Å². The van der Waals surface area contributed by atoms with Crippen LogP contribution >= 0.6 is 0 Å². The molecule has 3 aromatic rings. The molecule has 0 spiro atoms. The molecule has 0 bridgehead atoms. The van der Waals surface area contributed by atoms with E-state index in [0.717, 1.165) is 24.3 Å². The SMILES string of the molecule is CCN(C(=O)O)c1cccc(Cc2nn(-c3cnn(C4CCOC4)c3)ccc2=O)c1. The van der Waals surface area contributed by atoms with Gasteiger partial charge in [-0.25, -0.2) is 9.48 Å². The van der Waals surface area contributed by atoms with Crippen LogP contribution in [0, 0.1) is 0 Å². The minimum atomic E-state index is -1.01. The largest absolute Gasteiger partial charge is 0.465 e. The van der Waals surface area contributed by atoms with Crippen LogP contribution in [0.3, 0.4) is 0 Å². The first-order chi connectivity index (χ1) is 14.5. The normalized spacial score (nSPS) is 16.0. The molecule has 0 radical (unpaired) electrons. The van der Waals surface area contributed by atoms with Gasteiger partial charge >= 0.3 is 6.09 Å². The molecule has 1 unspecified atom stereocenters. The maximum atomic E-state index is 12.4. The molecule has 30 heavy (non-hydrogen) atoms. The van der Waals surface area contributed by atoms with Crippen LogP contribution < -0.4 is 10.3 Å². The topological polar surface area (TPSA) is 102 Å². The lowest BCUT2D eigenvalue weighted by molar-refractivity contribution is 0.184. The Morgan fingerprint density at radius 1 is 1.37 bits per heavy atom. The average molecular weight is 409 g/mol. The number of rotatable bonds is 6. The zero-order chi connectivity index (χ0) is 21.1. The molecule has 9 heteroatoms. The number of nitrogens with zero attached hydrogens (tertiary/aromatic N) is 5. The zero-order valence-electron chi connectivity index (χ0n) is 16.6. The van der Waals surface area contributed by atoms with Gasteiger partial charge in [-0.05, 0) is 31.0 Å². The molecule has 0 aliphatic carbocycles. The van der Waals surface area contributed by atoms with Crippen LogP contribution in [-0.4, -0.2) is 50.5 Å². The average Bonchev–Trinajstić information content (AvgIpc) is 3.42. The van der Waals surface area contributed by atoms with Crippen molar-refractivity contribution in [1.29, 1.82) is 0 Å². The smallest absolute Gasteiger partial charge is 0.411 e. The summed E-state index contributed by atoms with van der Waals surface area (Å²) in [7, 11) is 0. The Labute approximate surface area is 173 Å². The summed E-state index contributed by atoms with van der Waals surface area (Å²) in [5.74, 6) is 0. The zero-order valence-corrected chi connectivity index (χ0v) is 16.6. The number of hydrogen-bond donors (Lipinski definition) is 1. The predicted octanol–water partition coefficient (Wildman–Crippen LogP) is 2.49. The van der Waals surface area contributed by atoms with E-state index in [-0.39, 0.29) is 11.5 Å². The molecule has 1 aliphatic rings. The second-order valence-electron chi connectivity index (χ2n) is 7.14. The molecule has 1 aromatic carbocycles. The van der Waals surface area contributed by atoms with E-state index in [1.165, 1.54) is 11.0 Å². The number of aromatic nitrogens is 4. The van der Waals surface area contributed by atoms with Crippen LogP contribution in [0.15, 0.2) is 53.7 Å². The summed E-state index contributed by atoms with van der Waals surface area (Å²) < 4.78 is 8.92. The summed E-state index contributed by atoms with van der Waals surface area (Å²) in [5.41, 5.74) is 2.36. The highest BCUT2D eigenvalue weighted by Crippen LogP contribution is 2.20. The lowest BCUT2D eigenvalue weighted by atomic mass is 10.1. The number of benzene rings is 1. The second-order valence-corrected chi connectivity index (χ2v) is 7.14. The van der Waals surface area contributed by atoms with E-state index >= 15 is 0 Å². The molecule has 156 valence electrons. The van der Waals surface area contributed by atoms with Gasteiger partial charge in [0.15, 0.2) is 0 Å². The van der Waals surface area contributed by atoms with E-state index in [4.69, 9.17) is 4.74 Å². The lowest BCUT2D eigenvalue weighted by Crippen LogP contribution is -2.28. The van der Waals surface area contributed by atoms with Crippen molar-refractivity contribution in [2.75, 3.05) is 24.7 Å². The molecule has 9 nitrogen and oxygen atoms in total. The van der Waals surface area contributed by atoms with Crippen molar-refractivity contribution in [3.63, 3.8) is 0 Å². The van der Waals surface area contributed by atoms with Gasteiger partial charge in [-0.3, -0.25) is 14.4 Å². The monoisotopic (exact) mass is 409 g/mol. The van der Waals surface area contributed by atoms with E-state index in [1.54, 1.807) is 42.2 Å². The molecular formula is C21H23N5O4. The Balaban J connectivity index is 1.59. The van der Waals surface area contributed by atoms with Gasteiger partial charge < -0.3 is 9.84 Å². The molecule has 1 saturated heterocycles. The van der Waals surface area contributed by atoms with Crippen LogP contribution in [0.5, 0.6) is 0 Å². The summed E-state index contributed by atoms with van der Waals surface area (Å²) in [6.45, 7) is 3.49. The van der Waals surface area contributed by atoms with Crippen LogP contribution in [0.4, 0.5) is 10.5 Å². The second kappa shape index (κ2) is 8.50. The van der Waals surface area contributed by atoms with Gasteiger partial charge in [0.1, 0.15) is 11.4 Å². The van der Waals surface area contributed by atoms with Gasteiger partial charge in [0.25, 0.3) is 0 Å². The first kappa shape index (κ1) is 19.8. The third kappa shape index (κ3) is 4.11. The highest BCUT2D eigenvalue weighted by molar-refractivity contribution is 5.86. The maximum Gasteiger partial charge on any atom is 0.411 e. The highest BCUT2D eigenvalue weighted by atomic mass is 16.5. The van der Waals surface area contributed by atoms with Gasteiger partial charge in [0, 0.05) is 37.5 Å². The molecule has 4 rings (SSSR count). The fourth-order valence-electron chi connectivity index (χ4n) is 3.55. The van der Waals surface area contributed by atoms with Crippen molar-refractivity contribution in [2.45, 2.75) is 25.8 Å². The van der Waals surface area contributed by atoms with E-state index in [9.17, 15) is 14.7 Å². The summed E-state index contributed by atoms with van der Waals surface area (Å²) in [5, 5.41) is 18.2. The fourth-order valence-corrected chi connectivity index (χ4v) is 3.55. The summed E-state index contributed by atoms with van der Waals surface area (Å²) in [6.07, 6.45) is 5.44. The van der Waals surface area contributed by atoms with Gasteiger partial charge in [-0.15, -0.1) is 0 Å². The van der Waals surface area contributed by atoms with Gasteiger partial charge in [-0.1, -0.05) is 12.1 Å². The minimum absolute atomic E-state index is 0.168. The molecule has 1 fully saturated rings. The quantitative estimate of drug-likeness (QED) is 0.671. The van der Waals surface area contributed by atoms with Gasteiger partial charge in [0.2, 0.25) is 5.43 Å². The molecular weight excluding hydrogens is 386 g/mol.